The third-order valence-electron chi connectivity index (χ3n) is 1.34. The molecule has 0 rings (SSSR count). The summed E-state index contributed by atoms with van der Waals surface area (Å²) in [6.45, 7) is 0. The number of nitrogens with two attached hydrogens (primary N) is 1. The van der Waals surface area contributed by atoms with Crippen molar-refractivity contribution in [3.63, 3.8) is 0 Å². The average Bonchev–Trinajstić information content (AvgIpc) is 1.96. The minimum atomic E-state index is -4.81. The molecule has 0 radical (unpaired) electrons. The van der Waals surface area contributed by atoms with Gasteiger partial charge in [0.25, 0.3) is 0 Å². The minimum absolute atomic E-state index is 0.927. The van der Waals surface area contributed by atoms with Crippen molar-refractivity contribution in [2.24, 2.45) is 11.7 Å². The van der Waals surface area contributed by atoms with Crippen LogP contribution in [0, 0.1) is 5.92 Å². The number of carbonyl (C=O) groups is 2. The van der Waals surface area contributed by atoms with Crippen LogP contribution in [-0.2, 0) is 14.3 Å². The van der Waals surface area contributed by atoms with E-state index in [9.17, 15) is 22.8 Å². The van der Waals surface area contributed by atoms with Crippen molar-refractivity contribution in [3.05, 3.63) is 0 Å². The molecule has 0 saturated carbocycles. The maximum Gasteiger partial charge on any atom is 0.401 e. The number of halogens is 3. The van der Waals surface area contributed by atoms with Gasteiger partial charge in [-0.05, 0) is 0 Å². The van der Waals surface area contributed by atoms with Gasteiger partial charge in [-0.25, -0.2) is 0 Å². The SMILES string of the molecule is COC(=O)C[C@H](C(N)=O)C(F)(F)F. The lowest BCUT2D eigenvalue weighted by Gasteiger charge is -2.15. The second-order valence-corrected chi connectivity index (χ2v) is 2.28. The Balaban J connectivity index is 4.46. The molecule has 2 N–H and O–H groups in total. The summed E-state index contributed by atoms with van der Waals surface area (Å²) in [5.41, 5.74) is 4.46. The van der Waals surface area contributed by atoms with E-state index in [2.05, 4.69) is 10.5 Å². The van der Waals surface area contributed by atoms with Crippen LogP contribution in [0.15, 0.2) is 0 Å². The highest BCUT2D eigenvalue weighted by atomic mass is 19.4. The topological polar surface area (TPSA) is 69.4 Å². The quantitative estimate of drug-likeness (QED) is 0.660. The molecule has 0 fully saturated rings. The summed E-state index contributed by atoms with van der Waals surface area (Å²) in [6, 6.07) is 0. The predicted octanol–water partition coefficient (Wildman–Crippen LogP) is 0.213. The molecule has 0 aromatic rings. The van der Waals surface area contributed by atoms with Crippen molar-refractivity contribution in [1.29, 1.82) is 0 Å². The molecule has 76 valence electrons. The maximum atomic E-state index is 12.0. The smallest absolute Gasteiger partial charge is 0.401 e. The first-order chi connectivity index (χ1) is 5.79. The van der Waals surface area contributed by atoms with Crippen molar-refractivity contribution >= 4 is 11.9 Å². The lowest BCUT2D eigenvalue weighted by molar-refractivity contribution is -0.187. The van der Waals surface area contributed by atoms with E-state index in [1.54, 1.807) is 0 Å². The molecule has 0 saturated heterocycles. The first-order valence-electron chi connectivity index (χ1n) is 3.22. The summed E-state index contributed by atoms with van der Waals surface area (Å²) in [5.74, 6) is -5.18. The number of carbonyl (C=O) groups excluding carboxylic acids is 2. The predicted molar refractivity (Wildman–Crippen MR) is 35.4 cm³/mol. The van der Waals surface area contributed by atoms with E-state index in [-0.39, 0.29) is 0 Å². The highest BCUT2D eigenvalue weighted by Gasteiger charge is 2.45. The van der Waals surface area contributed by atoms with Crippen LogP contribution < -0.4 is 5.73 Å². The fraction of sp³-hybridized carbons (Fsp3) is 0.667. The number of amides is 1. The fourth-order valence-electron chi connectivity index (χ4n) is 0.628. The number of hydrogen-bond acceptors (Lipinski definition) is 3. The van der Waals surface area contributed by atoms with E-state index in [4.69, 9.17) is 0 Å². The van der Waals surface area contributed by atoms with E-state index >= 15 is 0 Å². The number of ether oxygens (including phenoxy) is 1. The monoisotopic (exact) mass is 199 g/mol. The minimum Gasteiger partial charge on any atom is -0.469 e. The molecular weight excluding hydrogens is 191 g/mol. The number of esters is 1. The van der Waals surface area contributed by atoms with Gasteiger partial charge in [0.1, 0.15) is 5.92 Å². The zero-order valence-electron chi connectivity index (χ0n) is 6.72. The summed E-state index contributed by atoms with van der Waals surface area (Å²) < 4.78 is 39.9. The Kier molecular flexibility index (Phi) is 3.70. The molecule has 0 aromatic carbocycles. The normalized spacial score (nSPS) is 13.5. The molecule has 4 nitrogen and oxygen atoms in total. The molecule has 0 unspecified atom stereocenters. The second kappa shape index (κ2) is 4.11. The number of rotatable bonds is 3. The molecule has 0 bridgehead atoms. The van der Waals surface area contributed by atoms with Crippen LogP contribution >= 0.6 is 0 Å². The molecule has 13 heavy (non-hydrogen) atoms. The Morgan fingerprint density at radius 3 is 2.15 bits per heavy atom. The molecule has 0 heterocycles. The van der Waals surface area contributed by atoms with E-state index < -0.39 is 30.4 Å². The number of methoxy groups -OCH3 is 1. The molecule has 0 aliphatic rings. The maximum absolute atomic E-state index is 12.0. The third kappa shape index (κ3) is 3.77. The summed E-state index contributed by atoms with van der Waals surface area (Å²) in [5, 5.41) is 0. The van der Waals surface area contributed by atoms with Crippen molar-refractivity contribution in [2.45, 2.75) is 12.6 Å². The number of primary amides is 1. The van der Waals surface area contributed by atoms with Crippen LogP contribution in [0.3, 0.4) is 0 Å². The average molecular weight is 199 g/mol. The summed E-state index contributed by atoms with van der Waals surface area (Å²) >= 11 is 0. The van der Waals surface area contributed by atoms with Gasteiger partial charge in [0.15, 0.2) is 0 Å². The van der Waals surface area contributed by atoms with E-state index in [0.29, 0.717) is 0 Å². The van der Waals surface area contributed by atoms with Crippen LogP contribution in [0.5, 0.6) is 0 Å². The van der Waals surface area contributed by atoms with Gasteiger partial charge < -0.3 is 10.5 Å². The molecule has 0 spiro atoms. The van der Waals surface area contributed by atoms with Crippen molar-refractivity contribution in [2.75, 3.05) is 7.11 Å². The van der Waals surface area contributed by atoms with Gasteiger partial charge in [0, 0.05) is 0 Å². The Morgan fingerprint density at radius 1 is 1.46 bits per heavy atom. The number of hydrogen-bond donors (Lipinski definition) is 1. The molecule has 0 aliphatic carbocycles. The molecule has 1 atom stereocenters. The van der Waals surface area contributed by atoms with E-state index in [0.717, 1.165) is 7.11 Å². The largest absolute Gasteiger partial charge is 0.469 e. The number of alkyl halides is 3. The Labute approximate surface area is 71.8 Å². The Morgan fingerprint density at radius 2 is 1.92 bits per heavy atom. The molecule has 0 aromatic heterocycles. The Bertz CT molecular complexity index is 214. The van der Waals surface area contributed by atoms with Gasteiger partial charge >= 0.3 is 12.1 Å². The van der Waals surface area contributed by atoms with Gasteiger partial charge in [0.05, 0.1) is 13.5 Å². The third-order valence-corrected chi connectivity index (χ3v) is 1.34. The van der Waals surface area contributed by atoms with E-state index in [1.807, 2.05) is 0 Å². The van der Waals surface area contributed by atoms with Gasteiger partial charge in [-0.1, -0.05) is 0 Å². The summed E-state index contributed by atoms with van der Waals surface area (Å²) in [7, 11) is 0.927. The van der Waals surface area contributed by atoms with Gasteiger partial charge in [-0.2, -0.15) is 13.2 Å². The first kappa shape index (κ1) is 11.7. The van der Waals surface area contributed by atoms with Crippen molar-refractivity contribution < 1.29 is 27.5 Å². The van der Waals surface area contributed by atoms with Crippen LogP contribution in [0.4, 0.5) is 13.2 Å². The van der Waals surface area contributed by atoms with Crippen LogP contribution in [-0.4, -0.2) is 25.2 Å². The highest BCUT2D eigenvalue weighted by molar-refractivity contribution is 5.83. The molecular formula is C6H8F3NO3. The molecule has 1 amide bonds. The highest BCUT2D eigenvalue weighted by Crippen LogP contribution is 2.28. The molecule has 0 aliphatic heterocycles. The fourth-order valence-corrected chi connectivity index (χ4v) is 0.628. The van der Waals surface area contributed by atoms with Crippen molar-refractivity contribution in [1.82, 2.24) is 0 Å². The standard InChI is InChI=1S/C6H8F3NO3/c1-13-4(11)2-3(5(10)12)6(7,8)9/h3H,2H2,1H3,(H2,10,12)/t3-/m1/s1. The lowest BCUT2D eigenvalue weighted by atomic mass is 10.1. The van der Waals surface area contributed by atoms with E-state index in [1.165, 1.54) is 0 Å². The van der Waals surface area contributed by atoms with Gasteiger partial charge in [-0.15, -0.1) is 0 Å². The Hall–Kier alpha value is -1.27. The summed E-state index contributed by atoms with van der Waals surface area (Å²) in [6.07, 6.45) is -5.88. The first-order valence-corrected chi connectivity index (χ1v) is 3.22. The zero-order chi connectivity index (χ0) is 10.6. The second-order valence-electron chi connectivity index (χ2n) is 2.28. The lowest BCUT2D eigenvalue weighted by Crippen LogP contribution is -2.37. The van der Waals surface area contributed by atoms with Gasteiger partial charge in [-0.3, -0.25) is 9.59 Å². The van der Waals surface area contributed by atoms with Crippen LogP contribution in [0.1, 0.15) is 6.42 Å². The van der Waals surface area contributed by atoms with Crippen LogP contribution in [0.2, 0.25) is 0 Å². The molecule has 7 heteroatoms. The summed E-state index contributed by atoms with van der Waals surface area (Å²) in [4.78, 5) is 20.7. The zero-order valence-corrected chi connectivity index (χ0v) is 6.72. The van der Waals surface area contributed by atoms with Gasteiger partial charge in [0.2, 0.25) is 5.91 Å². The van der Waals surface area contributed by atoms with Crippen molar-refractivity contribution in [3.8, 4) is 0 Å². The van der Waals surface area contributed by atoms with Crippen LogP contribution in [0.25, 0.3) is 0 Å².